The van der Waals surface area contributed by atoms with Crippen molar-refractivity contribution in [3.05, 3.63) is 58.1 Å². The van der Waals surface area contributed by atoms with Gasteiger partial charge in [-0.05, 0) is 56.5 Å². The van der Waals surface area contributed by atoms with Crippen LogP contribution in [0.2, 0.25) is 10.0 Å². The second-order valence-corrected chi connectivity index (χ2v) is 9.43. The van der Waals surface area contributed by atoms with Gasteiger partial charge in [-0.1, -0.05) is 35.3 Å². The highest BCUT2D eigenvalue weighted by molar-refractivity contribution is 6.42. The Kier molecular flexibility index (Phi) is 9.27. The predicted octanol–water partition coefficient (Wildman–Crippen LogP) is 4.96. The van der Waals surface area contributed by atoms with Crippen molar-refractivity contribution >= 4 is 29.1 Å². The fraction of sp³-hybridized carbons (Fsp3) is 0.480. The Hall–Kier alpha value is -1.99. The van der Waals surface area contributed by atoms with Gasteiger partial charge in [0.25, 0.3) is 0 Å². The normalized spacial score (nSPS) is 15.9. The molecule has 0 aromatic heterocycles. The van der Waals surface area contributed by atoms with Gasteiger partial charge in [-0.3, -0.25) is 9.69 Å². The van der Waals surface area contributed by atoms with Crippen LogP contribution >= 0.6 is 23.2 Å². The monoisotopic (exact) mass is 494 g/mol. The summed E-state index contributed by atoms with van der Waals surface area (Å²) < 4.78 is 17.4. The van der Waals surface area contributed by atoms with Crippen molar-refractivity contribution in [2.24, 2.45) is 0 Å². The summed E-state index contributed by atoms with van der Waals surface area (Å²) >= 11 is 12.0. The number of halogens is 2. The number of ether oxygens (including phenoxy) is 3. The van der Waals surface area contributed by atoms with Gasteiger partial charge in [-0.25, -0.2) is 0 Å². The van der Waals surface area contributed by atoms with Gasteiger partial charge in [0.05, 0.1) is 22.7 Å². The first-order valence-electron chi connectivity index (χ1n) is 11.2. The van der Waals surface area contributed by atoms with Crippen molar-refractivity contribution in [1.29, 1.82) is 0 Å². The summed E-state index contributed by atoms with van der Waals surface area (Å²) in [5.41, 5.74) is 0.648. The molecule has 2 aromatic carbocycles. The van der Waals surface area contributed by atoms with Gasteiger partial charge in [0.15, 0.2) is 0 Å². The minimum atomic E-state index is -0.390. The Labute approximate surface area is 206 Å². The van der Waals surface area contributed by atoms with Crippen LogP contribution in [0, 0.1) is 0 Å². The summed E-state index contributed by atoms with van der Waals surface area (Å²) in [6, 6.07) is 13.0. The average Bonchev–Trinajstić information content (AvgIpc) is 2.80. The topological polar surface area (TPSA) is 60.0 Å². The number of likely N-dealkylation sites (tertiary alicyclic amines) is 1. The van der Waals surface area contributed by atoms with Crippen molar-refractivity contribution in [2.75, 3.05) is 33.4 Å². The largest absolute Gasteiger partial charge is 0.491 e. The number of rotatable bonds is 10. The number of hydrogen-bond acceptors (Lipinski definition) is 5. The van der Waals surface area contributed by atoms with Crippen LogP contribution in [-0.4, -0.2) is 55.9 Å². The first-order valence-corrected chi connectivity index (χ1v) is 11.9. The van der Waals surface area contributed by atoms with E-state index in [4.69, 9.17) is 37.4 Å². The van der Waals surface area contributed by atoms with Gasteiger partial charge >= 0.3 is 0 Å². The molecule has 1 amide bonds. The molecule has 6 nitrogen and oxygen atoms in total. The molecule has 1 N–H and O–H groups in total. The van der Waals surface area contributed by atoms with Gasteiger partial charge in [0, 0.05) is 32.8 Å². The van der Waals surface area contributed by atoms with Crippen molar-refractivity contribution in [2.45, 2.75) is 44.9 Å². The number of nitrogens with one attached hydrogen (secondary N) is 1. The maximum atomic E-state index is 12.4. The van der Waals surface area contributed by atoms with Crippen LogP contribution in [0.3, 0.4) is 0 Å². The molecule has 1 saturated heterocycles. The number of piperidine rings is 1. The zero-order chi connectivity index (χ0) is 23.8. The van der Waals surface area contributed by atoms with E-state index in [0.29, 0.717) is 35.5 Å². The van der Waals surface area contributed by atoms with Gasteiger partial charge in [0.2, 0.25) is 5.91 Å². The lowest BCUT2D eigenvalue weighted by atomic mass is 9.92. The van der Waals surface area contributed by atoms with E-state index in [2.05, 4.69) is 10.2 Å². The standard InChI is InChI=1S/C25H32Cl2N2O4/c1-18(2)33-20-6-4-19(5-7-20)15-28-24(30)16-29-12-10-25(31-3,11-13-29)17-32-21-8-9-22(26)23(27)14-21/h4-9,14,18H,10-13,15-17H2,1-3H3,(H,28,30). The lowest BCUT2D eigenvalue weighted by molar-refractivity contribution is -0.125. The molecule has 33 heavy (non-hydrogen) atoms. The second kappa shape index (κ2) is 11.9. The van der Waals surface area contributed by atoms with Gasteiger partial charge in [-0.2, -0.15) is 0 Å². The van der Waals surface area contributed by atoms with E-state index in [9.17, 15) is 4.79 Å². The van der Waals surface area contributed by atoms with E-state index in [-0.39, 0.29) is 17.6 Å². The molecule has 1 aliphatic heterocycles. The second-order valence-electron chi connectivity index (χ2n) is 8.62. The van der Waals surface area contributed by atoms with E-state index in [1.807, 2.05) is 38.1 Å². The Morgan fingerprint density at radius 1 is 1.06 bits per heavy atom. The zero-order valence-electron chi connectivity index (χ0n) is 19.4. The maximum Gasteiger partial charge on any atom is 0.234 e. The Bertz CT molecular complexity index is 913. The third kappa shape index (κ3) is 7.78. The van der Waals surface area contributed by atoms with E-state index < -0.39 is 0 Å². The average molecular weight is 495 g/mol. The molecule has 0 aliphatic carbocycles. The first kappa shape index (κ1) is 25.6. The Balaban J connectivity index is 1.41. The van der Waals surface area contributed by atoms with E-state index in [1.165, 1.54) is 0 Å². The van der Waals surface area contributed by atoms with E-state index in [0.717, 1.165) is 37.2 Å². The van der Waals surface area contributed by atoms with Crippen LogP contribution in [0.5, 0.6) is 11.5 Å². The molecule has 1 aliphatic rings. The van der Waals surface area contributed by atoms with Crippen LogP contribution in [-0.2, 0) is 16.1 Å². The van der Waals surface area contributed by atoms with Crippen molar-refractivity contribution < 1.29 is 19.0 Å². The molecular formula is C25H32Cl2N2O4. The predicted molar refractivity (Wildman–Crippen MR) is 131 cm³/mol. The molecule has 0 spiro atoms. The Morgan fingerprint density at radius 3 is 2.33 bits per heavy atom. The first-order chi connectivity index (χ1) is 15.8. The van der Waals surface area contributed by atoms with Crippen molar-refractivity contribution in [3.63, 3.8) is 0 Å². The van der Waals surface area contributed by atoms with Crippen LogP contribution in [0.25, 0.3) is 0 Å². The SMILES string of the molecule is COC1(COc2ccc(Cl)c(Cl)c2)CCN(CC(=O)NCc2ccc(OC(C)C)cc2)CC1. The van der Waals surface area contributed by atoms with Crippen LogP contribution in [0.1, 0.15) is 32.3 Å². The van der Waals surface area contributed by atoms with E-state index in [1.54, 1.807) is 25.3 Å². The molecule has 0 radical (unpaired) electrons. The summed E-state index contributed by atoms with van der Waals surface area (Å²) in [5.74, 6) is 1.50. The molecule has 0 bridgehead atoms. The quantitative estimate of drug-likeness (QED) is 0.505. The highest BCUT2D eigenvalue weighted by Crippen LogP contribution is 2.30. The van der Waals surface area contributed by atoms with Crippen LogP contribution < -0.4 is 14.8 Å². The molecule has 3 rings (SSSR count). The van der Waals surface area contributed by atoms with Crippen LogP contribution in [0.15, 0.2) is 42.5 Å². The third-order valence-corrected chi connectivity index (χ3v) is 6.48. The smallest absolute Gasteiger partial charge is 0.234 e. The van der Waals surface area contributed by atoms with Crippen molar-refractivity contribution in [3.8, 4) is 11.5 Å². The number of amides is 1. The van der Waals surface area contributed by atoms with Gasteiger partial charge < -0.3 is 19.5 Å². The molecule has 0 atom stereocenters. The van der Waals surface area contributed by atoms with Crippen molar-refractivity contribution in [1.82, 2.24) is 10.2 Å². The van der Waals surface area contributed by atoms with E-state index >= 15 is 0 Å². The summed E-state index contributed by atoms with van der Waals surface area (Å²) in [6.45, 7) is 6.77. The molecule has 1 heterocycles. The summed E-state index contributed by atoms with van der Waals surface area (Å²) in [7, 11) is 1.71. The molecule has 1 fully saturated rings. The third-order valence-electron chi connectivity index (χ3n) is 5.75. The van der Waals surface area contributed by atoms with Gasteiger partial charge in [-0.15, -0.1) is 0 Å². The molecule has 0 saturated carbocycles. The number of hydrogen-bond donors (Lipinski definition) is 1. The zero-order valence-corrected chi connectivity index (χ0v) is 20.9. The maximum absolute atomic E-state index is 12.4. The molecular weight excluding hydrogens is 463 g/mol. The lowest BCUT2D eigenvalue weighted by Crippen LogP contribution is -2.51. The summed E-state index contributed by atoms with van der Waals surface area (Å²) in [6.07, 6.45) is 1.68. The number of nitrogens with zero attached hydrogens (tertiary/aromatic N) is 1. The fourth-order valence-electron chi connectivity index (χ4n) is 3.73. The number of carbonyl (C=O) groups excluding carboxylic acids is 1. The number of methoxy groups -OCH3 is 1. The number of carbonyl (C=O) groups is 1. The molecule has 2 aromatic rings. The number of benzene rings is 2. The highest BCUT2D eigenvalue weighted by Gasteiger charge is 2.36. The molecule has 180 valence electrons. The summed E-state index contributed by atoms with van der Waals surface area (Å²) in [5, 5.41) is 3.95. The fourth-order valence-corrected chi connectivity index (χ4v) is 4.01. The van der Waals surface area contributed by atoms with Crippen LogP contribution in [0.4, 0.5) is 0 Å². The van der Waals surface area contributed by atoms with Gasteiger partial charge in [0.1, 0.15) is 23.7 Å². The summed E-state index contributed by atoms with van der Waals surface area (Å²) in [4.78, 5) is 14.6. The Morgan fingerprint density at radius 2 is 1.73 bits per heavy atom. The highest BCUT2D eigenvalue weighted by atomic mass is 35.5. The molecule has 0 unspecified atom stereocenters. The lowest BCUT2D eigenvalue weighted by Gasteiger charge is -2.40. The minimum Gasteiger partial charge on any atom is -0.491 e. The minimum absolute atomic E-state index is 0.00878. The molecule has 8 heteroatoms.